The lowest BCUT2D eigenvalue weighted by Crippen LogP contribution is -2.38. The number of nitrogens with two attached hydrogens (primary N) is 1. The zero-order chi connectivity index (χ0) is 16.4. The lowest BCUT2D eigenvalue weighted by atomic mass is 10.2. The number of anilines is 1. The van der Waals surface area contributed by atoms with E-state index >= 15 is 0 Å². The van der Waals surface area contributed by atoms with Crippen LogP contribution in [0.2, 0.25) is 0 Å². The van der Waals surface area contributed by atoms with E-state index in [2.05, 4.69) is 31.4 Å². The summed E-state index contributed by atoms with van der Waals surface area (Å²) < 4.78 is 23.2. The van der Waals surface area contributed by atoms with Crippen molar-refractivity contribution in [3.05, 3.63) is 52.8 Å². The van der Waals surface area contributed by atoms with Gasteiger partial charge in [0.05, 0.1) is 22.7 Å². The van der Waals surface area contributed by atoms with Gasteiger partial charge in [-0.25, -0.2) is 14.9 Å². The van der Waals surface area contributed by atoms with Crippen molar-refractivity contribution in [3.63, 3.8) is 0 Å². The minimum absolute atomic E-state index is 0.0943. The molecule has 0 bridgehead atoms. The first-order chi connectivity index (χ1) is 11.1. The van der Waals surface area contributed by atoms with E-state index in [9.17, 15) is 9.60 Å². The highest BCUT2D eigenvalue weighted by molar-refractivity contribution is 9.10. The highest BCUT2D eigenvalue weighted by Crippen LogP contribution is 2.26. The Morgan fingerprint density at radius 1 is 1.35 bits per heavy atom. The summed E-state index contributed by atoms with van der Waals surface area (Å²) in [6.45, 7) is 0. The van der Waals surface area contributed by atoms with Crippen molar-refractivity contribution in [1.82, 2.24) is 10.3 Å². The monoisotopic (exact) mass is 381 g/mol. The zero-order valence-electron chi connectivity index (χ0n) is 11.3. The minimum atomic E-state index is -0.452. The van der Waals surface area contributed by atoms with Crippen LogP contribution in [0.15, 0.2) is 55.5 Å². The highest BCUT2D eigenvalue weighted by atomic mass is 79.9. The van der Waals surface area contributed by atoms with Crippen LogP contribution in [0.1, 0.15) is 5.69 Å². The molecule has 0 aliphatic carbocycles. The molecule has 0 atom stereocenters. The number of furan rings is 1. The molecule has 0 aliphatic heterocycles. The van der Waals surface area contributed by atoms with E-state index < -0.39 is 5.82 Å². The molecule has 0 saturated heterocycles. The molecule has 0 aliphatic rings. The fraction of sp³-hybridized carbons (Fsp3) is 0. The first-order valence-corrected chi connectivity index (χ1v) is 6.98. The Labute approximate surface area is 137 Å². The maximum Gasteiger partial charge on any atom is 0.218 e. The maximum absolute atomic E-state index is 13.3. The molecule has 0 saturated carbocycles. The molecule has 2 aromatic heterocycles. The lowest BCUT2D eigenvalue weighted by molar-refractivity contribution is 0.304. The van der Waals surface area contributed by atoms with Crippen molar-refractivity contribution in [1.29, 1.82) is 0 Å². The van der Waals surface area contributed by atoms with Crippen LogP contribution in [-0.2, 0) is 0 Å². The van der Waals surface area contributed by atoms with Crippen LogP contribution in [0.3, 0.4) is 0 Å². The largest absolute Gasteiger partial charge is 0.472 e. The molecule has 3 aromatic rings. The smallest absolute Gasteiger partial charge is 0.218 e. The third-order valence-electron chi connectivity index (χ3n) is 3.00. The van der Waals surface area contributed by atoms with E-state index in [1.165, 1.54) is 30.7 Å². The van der Waals surface area contributed by atoms with E-state index in [1.807, 2.05) is 0 Å². The van der Waals surface area contributed by atoms with Crippen LogP contribution in [0.5, 0.6) is 0 Å². The summed E-state index contributed by atoms with van der Waals surface area (Å²) in [5.41, 5.74) is 1.29. The van der Waals surface area contributed by atoms with Crippen LogP contribution in [0.4, 0.5) is 10.1 Å². The van der Waals surface area contributed by atoms with Crippen LogP contribution in [0.25, 0.3) is 11.3 Å². The normalized spacial score (nSPS) is 11.7. The van der Waals surface area contributed by atoms with Gasteiger partial charge in [0.25, 0.3) is 0 Å². The molecular weight excluding hydrogens is 373 g/mol. The standard InChI is InChI=1S/C13H9BrFN5O3/c14-9-5-8(1-2-10(9)15)20(16)13(17-21)12-11(18-23-19-12)7-3-4-22-6-7/h1-6,21H,16H2. The Bertz CT molecular complexity index is 849. The molecule has 0 unspecified atom stereocenters. The second-order valence-electron chi connectivity index (χ2n) is 4.37. The number of halogens is 2. The number of aromatic nitrogens is 2. The average Bonchev–Trinajstić information content (AvgIpc) is 3.21. The second-order valence-corrected chi connectivity index (χ2v) is 5.22. The molecule has 0 spiro atoms. The Hall–Kier alpha value is -2.72. The molecule has 3 N–H and O–H groups in total. The van der Waals surface area contributed by atoms with Gasteiger partial charge in [-0.1, -0.05) is 5.16 Å². The average molecular weight is 382 g/mol. The second kappa shape index (κ2) is 6.18. The van der Waals surface area contributed by atoms with Gasteiger partial charge in [-0.2, -0.15) is 0 Å². The molecule has 0 amide bonds. The van der Waals surface area contributed by atoms with Crippen LogP contribution in [0, 0.1) is 5.82 Å². The molecular formula is C13H9BrFN5O3. The van der Waals surface area contributed by atoms with Crippen molar-refractivity contribution in [2.45, 2.75) is 0 Å². The van der Waals surface area contributed by atoms with Gasteiger partial charge in [0, 0.05) is 5.56 Å². The van der Waals surface area contributed by atoms with E-state index in [0.29, 0.717) is 11.3 Å². The quantitative estimate of drug-likeness (QED) is 0.235. The third kappa shape index (κ3) is 2.81. The summed E-state index contributed by atoms with van der Waals surface area (Å²) in [6.07, 6.45) is 2.87. The number of rotatable bonds is 3. The number of oxime groups is 1. The van der Waals surface area contributed by atoms with Crippen molar-refractivity contribution in [3.8, 4) is 11.3 Å². The van der Waals surface area contributed by atoms with Crippen molar-refractivity contribution >= 4 is 27.5 Å². The van der Waals surface area contributed by atoms with Gasteiger partial charge in [0.2, 0.25) is 5.84 Å². The van der Waals surface area contributed by atoms with Crippen LogP contribution < -0.4 is 10.9 Å². The Morgan fingerprint density at radius 2 is 2.17 bits per heavy atom. The number of hydrazine groups is 1. The molecule has 2 heterocycles. The molecule has 0 fully saturated rings. The third-order valence-corrected chi connectivity index (χ3v) is 3.61. The van der Waals surface area contributed by atoms with Crippen molar-refractivity contribution in [2.75, 3.05) is 5.01 Å². The Balaban J connectivity index is 2.01. The van der Waals surface area contributed by atoms with Gasteiger partial charge in [-0.15, -0.1) is 0 Å². The van der Waals surface area contributed by atoms with E-state index in [1.54, 1.807) is 6.07 Å². The number of benzene rings is 1. The maximum atomic E-state index is 13.3. The summed E-state index contributed by atoms with van der Waals surface area (Å²) >= 11 is 3.06. The van der Waals surface area contributed by atoms with Crippen molar-refractivity contribution in [2.24, 2.45) is 11.0 Å². The molecule has 23 heavy (non-hydrogen) atoms. The van der Waals surface area contributed by atoms with Crippen LogP contribution in [-0.4, -0.2) is 21.4 Å². The fourth-order valence-corrected chi connectivity index (χ4v) is 2.26. The van der Waals surface area contributed by atoms with Gasteiger partial charge in [-0.3, -0.25) is 5.01 Å². The molecule has 1 aromatic carbocycles. The minimum Gasteiger partial charge on any atom is -0.472 e. The zero-order valence-corrected chi connectivity index (χ0v) is 12.9. The lowest BCUT2D eigenvalue weighted by Gasteiger charge is -2.18. The number of hydrogen-bond acceptors (Lipinski definition) is 7. The van der Waals surface area contributed by atoms with E-state index in [-0.39, 0.29) is 21.7 Å². The van der Waals surface area contributed by atoms with E-state index in [0.717, 1.165) is 5.01 Å². The SMILES string of the molecule is NN(C(=NO)c1nonc1-c1ccoc1)c1ccc(F)c(Br)c1. The molecule has 118 valence electrons. The number of nitrogens with zero attached hydrogens (tertiary/aromatic N) is 4. The Morgan fingerprint density at radius 3 is 2.83 bits per heavy atom. The summed E-state index contributed by atoms with van der Waals surface area (Å²) in [5.74, 6) is 5.36. The summed E-state index contributed by atoms with van der Waals surface area (Å²) in [5, 5.41) is 20.9. The van der Waals surface area contributed by atoms with Gasteiger partial charge in [0.1, 0.15) is 11.5 Å². The van der Waals surface area contributed by atoms with Gasteiger partial charge < -0.3 is 9.62 Å². The topological polar surface area (TPSA) is 114 Å². The predicted octanol–water partition coefficient (Wildman–Crippen LogP) is 2.75. The summed E-state index contributed by atoms with van der Waals surface area (Å²) in [6, 6.07) is 5.68. The van der Waals surface area contributed by atoms with Gasteiger partial charge in [0.15, 0.2) is 5.69 Å². The number of hydrogen-bond donors (Lipinski definition) is 2. The predicted molar refractivity (Wildman–Crippen MR) is 81.1 cm³/mol. The van der Waals surface area contributed by atoms with Crippen LogP contribution >= 0.6 is 15.9 Å². The van der Waals surface area contributed by atoms with Gasteiger partial charge in [-0.05, 0) is 50.5 Å². The van der Waals surface area contributed by atoms with Gasteiger partial charge >= 0.3 is 0 Å². The molecule has 0 radical (unpaired) electrons. The molecule has 10 heteroatoms. The highest BCUT2D eigenvalue weighted by Gasteiger charge is 2.24. The molecule has 3 rings (SSSR count). The fourth-order valence-electron chi connectivity index (χ4n) is 1.89. The summed E-state index contributed by atoms with van der Waals surface area (Å²) in [4.78, 5) is 0. The first kappa shape index (κ1) is 15.2. The number of amidine groups is 1. The first-order valence-electron chi connectivity index (χ1n) is 6.19. The Kier molecular flexibility index (Phi) is 4.08. The van der Waals surface area contributed by atoms with E-state index in [4.69, 9.17) is 14.9 Å². The van der Waals surface area contributed by atoms with Crippen molar-refractivity contribution < 1.29 is 18.6 Å². The molecule has 8 nitrogen and oxygen atoms in total. The summed E-state index contributed by atoms with van der Waals surface area (Å²) in [7, 11) is 0.